The van der Waals surface area contributed by atoms with Crippen molar-refractivity contribution in [1.29, 1.82) is 0 Å². The van der Waals surface area contributed by atoms with Crippen LogP contribution in [0, 0.1) is 11.6 Å². The molecule has 78 valence electrons. The van der Waals surface area contributed by atoms with Crippen molar-refractivity contribution in [3.05, 3.63) is 34.4 Å². The van der Waals surface area contributed by atoms with E-state index in [-0.39, 0.29) is 0 Å². The summed E-state index contributed by atoms with van der Waals surface area (Å²) in [6.07, 6.45) is 0.278. The number of benzene rings is 1. The van der Waals surface area contributed by atoms with Gasteiger partial charge < -0.3 is 5.11 Å². The first kappa shape index (κ1) is 11.4. The Bertz CT molecular complexity index is 326. The van der Waals surface area contributed by atoms with E-state index in [0.29, 0.717) is 18.4 Å². The number of halogens is 3. The fraction of sp³-hybridized carbons (Fsp3) is 0.400. The summed E-state index contributed by atoms with van der Waals surface area (Å²) in [6.45, 7) is 1.61. The Kier molecular flexibility index (Phi) is 3.84. The number of aliphatic hydroxyl groups is 1. The van der Waals surface area contributed by atoms with Crippen molar-refractivity contribution in [3.63, 3.8) is 0 Å². The van der Waals surface area contributed by atoms with Crippen LogP contribution in [0.15, 0.2) is 12.1 Å². The molecule has 0 aliphatic rings. The van der Waals surface area contributed by atoms with Gasteiger partial charge in [-0.3, -0.25) is 0 Å². The van der Waals surface area contributed by atoms with E-state index in [2.05, 4.69) is 0 Å². The highest BCUT2D eigenvalue weighted by molar-refractivity contribution is 6.30. The maximum atomic E-state index is 13.3. The third kappa shape index (κ3) is 2.66. The molecule has 0 heterocycles. The van der Waals surface area contributed by atoms with Gasteiger partial charge in [-0.25, -0.2) is 8.78 Å². The summed E-state index contributed by atoms with van der Waals surface area (Å²) in [5, 5.41) is 8.52. The molecule has 0 bridgehead atoms. The Labute approximate surface area is 86.3 Å². The molecule has 1 N–H and O–H groups in total. The van der Waals surface area contributed by atoms with Crippen LogP contribution in [0.3, 0.4) is 0 Å². The molecule has 1 aromatic rings. The SMILES string of the molecule is C[C@@H](O)CCc1ccc(F)c(Cl)c1F. The molecule has 1 atom stereocenters. The Balaban J connectivity index is 2.83. The second-order valence-corrected chi connectivity index (χ2v) is 3.60. The molecule has 0 radical (unpaired) electrons. The smallest absolute Gasteiger partial charge is 0.147 e. The van der Waals surface area contributed by atoms with Crippen LogP contribution in [-0.4, -0.2) is 11.2 Å². The van der Waals surface area contributed by atoms with Gasteiger partial charge in [-0.1, -0.05) is 17.7 Å². The van der Waals surface area contributed by atoms with Crippen LogP contribution in [0.1, 0.15) is 18.9 Å². The molecular weight excluding hydrogens is 210 g/mol. The van der Waals surface area contributed by atoms with Gasteiger partial charge in [0.2, 0.25) is 0 Å². The maximum absolute atomic E-state index is 13.3. The minimum absolute atomic E-state index is 0.331. The molecule has 1 rings (SSSR count). The molecular formula is C10H11ClF2O. The fourth-order valence-corrected chi connectivity index (χ4v) is 1.31. The number of hydrogen-bond donors (Lipinski definition) is 1. The van der Waals surface area contributed by atoms with Gasteiger partial charge in [-0.15, -0.1) is 0 Å². The van der Waals surface area contributed by atoms with Crippen molar-refractivity contribution >= 4 is 11.6 Å². The number of hydrogen-bond acceptors (Lipinski definition) is 1. The lowest BCUT2D eigenvalue weighted by molar-refractivity contribution is 0.184. The van der Waals surface area contributed by atoms with Crippen molar-refractivity contribution in [2.45, 2.75) is 25.9 Å². The highest BCUT2D eigenvalue weighted by Crippen LogP contribution is 2.22. The first-order valence-electron chi connectivity index (χ1n) is 4.32. The molecule has 0 saturated heterocycles. The predicted octanol–water partition coefficient (Wildman–Crippen LogP) is 2.93. The monoisotopic (exact) mass is 220 g/mol. The summed E-state index contributed by atoms with van der Waals surface area (Å²) in [5.41, 5.74) is 0.331. The van der Waals surface area contributed by atoms with Crippen LogP contribution in [0.25, 0.3) is 0 Å². The van der Waals surface area contributed by atoms with E-state index in [1.165, 1.54) is 6.07 Å². The average Bonchev–Trinajstić information content (AvgIpc) is 2.13. The van der Waals surface area contributed by atoms with Gasteiger partial charge in [-0.2, -0.15) is 0 Å². The average molecular weight is 221 g/mol. The van der Waals surface area contributed by atoms with Gasteiger partial charge in [0.25, 0.3) is 0 Å². The van der Waals surface area contributed by atoms with E-state index in [4.69, 9.17) is 16.7 Å². The van der Waals surface area contributed by atoms with Crippen LogP contribution in [0.2, 0.25) is 5.02 Å². The fourth-order valence-electron chi connectivity index (χ4n) is 1.12. The molecule has 0 saturated carbocycles. The van der Waals surface area contributed by atoms with E-state index in [1.54, 1.807) is 6.92 Å². The predicted molar refractivity (Wildman–Crippen MR) is 51.4 cm³/mol. The lowest BCUT2D eigenvalue weighted by Gasteiger charge is -2.06. The normalized spacial score (nSPS) is 12.9. The van der Waals surface area contributed by atoms with E-state index in [0.717, 1.165) is 6.07 Å². The molecule has 1 nitrogen and oxygen atoms in total. The third-order valence-corrected chi connectivity index (χ3v) is 2.29. The lowest BCUT2D eigenvalue weighted by atomic mass is 10.1. The highest BCUT2D eigenvalue weighted by Gasteiger charge is 2.11. The molecule has 0 aliphatic heterocycles. The minimum Gasteiger partial charge on any atom is -0.393 e. The molecule has 0 amide bonds. The van der Waals surface area contributed by atoms with Crippen molar-refractivity contribution in [2.24, 2.45) is 0 Å². The molecule has 0 aliphatic carbocycles. The van der Waals surface area contributed by atoms with Crippen molar-refractivity contribution in [3.8, 4) is 0 Å². The third-order valence-electron chi connectivity index (χ3n) is 1.95. The first-order chi connectivity index (χ1) is 6.52. The summed E-state index contributed by atoms with van der Waals surface area (Å²) in [7, 11) is 0. The number of aliphatic hydroxyl groups excluding tert-OH is 1. The Morgan fingerprint density at radius 1 is 1.43 bits per heavy atom. The summed E-state index contributed by atoms with van der Waals surface area (Å²) in [6, 6.07) is 2.47. The molecule has 0 fully saturated rings. The van der Waals surface area contributed by atoms with Gasteiger partial charge in [0.1, 0.15) is 16.7 Å². The minimum atomic E-state index is -0.759. The molecule has 4 heteroatoms. The number of aryl methyl sites for hydroxylation is 1. The molecule has 0 unspecified atom stereocenters. The lowest BCUT2D eigenvalue weighted by Crippen LogP contribution is -2.03. The van der Waals surface area contributed by atoms with Crippen molar-refractivity contribution in [1.82, 2.24) is 0 Å². The zero-order valence-corrected chi connectivity index (χ0v) is 8.48. The summed E-state index contributed by atoms with van der Waals surface area (Å²) in [4.78, 5) is 0. The molecule has 14 heavy (non-hydrogen) atoms. The van der Waals surface area contributed by atoms with Crippen molar-refractivity contribution in [2.75, 3.05) is 0 Å². The van der Waals surface area contributed by atoms with Crippen LogP contribution >= 0.6 is 11.6 Å². The Morgan fingerprint density at radius 2 is 2.07 bits per heavy atom. The van der Waals surface area contributed by atoms with Crippen LogP contribution in [-0.2, 0) is 6.42 Å². The molecule has 0 aromatic heterocycles. The van der Waals surface area contributed by atoms with Gasteiger partial charge in [0.15, 0.2) is 0 Å². The largest absolute Gasteiger partial charge is 0.393 e. The quantitative estimate of drug-likeness (QED) is 0.777. The second kappa shape index (κ2) is 4.71. The molecule has 1 aromatic carbocycles. The van der Waals surface area contributed by atoms with E-state index in [9.17, 15) is 8.78 Å². The van der Waals surface area contributed by atoms with Crippen LogP contribution in [0.4, 0.5) is 8.78 Å². The van der Waals surface area contributed by atoms with Crippen LogP contribution in [0.5, 0.6) is 0 Å². The summed E-state index contributed by atoms with van der Waals surface area (Å²) in [5.74, 6) is -1.49. The van der Waals surface area contributed by atoms with E-state index >= 15 is 0 Å². The maximum Gasteiger partial charge on any atom is 0.147 e. The zero-order valence-electron chi connectivity index (χ0n) is 7.73. The Morgan fingerprint density at radius 3 is 2.64 bits per heavy atom. The van der Waals surface area contributed by atoms with Gasteiger partial charge >= 0.3 is 0 Å². The molecule has 0 spiro atoms. The summed E-state index contributed by atoms with van der Waals surface area (Å²) >= 11 is 5.39. The van der Waals surface area contributed by atoms with E-state index < -0.39 is 22.8 Å². The topological polar surface area (TPSA) is 20.2 Å². The highest BCUT2D eigenvalue weighted by atomic mass is 35.5. The van der Waals surface area contributed by atoms with Crippen molar-refractivity contribution < 1.29 is 13.9 Å². The van der Waals surface area contributed by atoms with Crippen LogP contribution < -0.4 is 0 Å². The number of rotatable bonds is 3. The second-order valence-electron chi connectivity index (χ2n) is 3.22. The zero-order chi connectivity index (χ0) is 10.7. The van der Waals surface area contributed by atoms with E-state index in [1.807, 2.05) is 0 Å². The standard InChI is InChI=1S/C10H11ClF2O/c1-6(14)2-3-7-4-5-8(12)9(11)10(7)13/h4-6,14H,2-3H2,1H3/t6-/m1/s1. The van der Waals surface area contributed by atoms with Gasteiger partial charge in [-0.05, 0) is 31.4 Å². The Hall–Kier alpha value is -0.670. The van der Waals surface area contributed by atoms with Gasteiger partial charge in [0.05, 0.1) is 6.10 Å². The summed E-state index contributed by atoms with van der Waals surface area (Å²) < 4.78 is 26.0. The first-order valence-corrected chi connectivity index (χ1v) is 4.70. The van der Waals surface area contributed by atoms with Gasteiger partial charge in [0, 0.05) is 0 Å².